The first-order valence-electron chi connectivity index (χ1n) is 4.76. The molecule has 0 aliphatic heterocycles. The topological polar surface area (TPSA) is 43.4 Å². The molecule has 3 nitrogen and oxygen atoms in total. The Morgan fingerprint density at radius 3 is 2.33 bits per heavy atom. The summed E-state index contributed by atoms with van der Waals surface area (Å²) in [5.74, 6) is 0. The Balaban J connectivity index is 3.20. The van der Waals surface area contributed by atoms with E-state index in [9.17, 15) is 21.6 Å². The number of alkyl halides is 3. The van der Waals surface area contributed by atoms with Crippen molar-refractivity contribution in [3.8, 4) is 0 Å². The van der Waals surface area contributed by atoms with Crippen molar-refractivity contribution in [2.45, 2.75) is 19.2 Å². The number of hydrogen-bond donors (Lipinski definition) is 0. The van der Waals surface area contributed by atoms with Crippen LogP contribution in [0.3, 0.4) is 0 Å². The molecule has 1 aromatic rings. The normalized spacial score (nSPS) is 14.6. The first kappa shape index (κ1) is 15.3. The second kappa shape index (κ2) is 5.07. The van der Waals surface area contributed by atoms with E-state index in [0.717, 1.165) is 18.4 Å². The van der Waals surface area contributed by atoms with Crippen molar-refractivity contribution >= 4 is 21.7 Å². The smallest absolute Gasteiger partial charge is 0.262 e. The molecule has 18 heavy (non-hydrogen) atoms. The van der Waals surface area contributed by atoms with E-state index in [1.807, 2.05) is 0 Å². The molecule has 0 bridgehead atoms. The molecule has 0 amide bonds. The molecule has 0 saturated carbocycles. The average Bonchev–Trinajstić information content (AvgIpc) is 2.12. The van der Waals surface area contributed by atoms with Gasteiger partial charge in [-0.25, -0.2) is 0 Å². The molecule has 0 aliphatic rings. The standard InChI is InChI=1S/C10H10ClF3O3S/c1-6(17-18(2,15)16)7-4-3-5-8(9(7)11)10(12,13)14/h3-6H,1-2H3. The summed E-state index contributed by atoms with van der Waals surface area (Å²) < 4.78 is 64.2. The molecule has 0 fully saturated rings. The molecule has 1 unspecified atom stereocenters. The average molecular weight is 303 g/mol. The highest BCUT2D eigenvalue weighted by molar-refractivity contribution is 7.86. The Morgan fingerprint density at radius 2 is 1.89 bits per heavy atom. The molecular formula is C10H10ClF3O3S. The van der Waals surface area contributed by atoms with Gasteiger partial charge >= 0.3 is 6.18 Å². The van der Waals surface area contributed by atoms with Gasteiger partial charge < -0.3 is 0 Å². The van der Waals surface area contributed by atoms with Crippen LogP contribution in [-0.4, -0.2) is 14.7 Å². The maximum absolute atomic E-state index is 12.6. The maximum atomic E-state index is 12.6. The molecule has 102 valence electrons. The minimum Gasteiger partial charge on any atom is -0.262 e. The molecule has 0 N–H and O–H groups in total. The predicted octanol–water partition coefficient (Wildman–Crippen LogP) is 3.40. The molecule has 0 radical (unpaired) electrons. The summed E-state index contributed by atoms with van der Waals surface area (Å²) in [7, 11) is -3.78. The lowest BCUT2D eigenvalue weighted by Gasteiger charge is -2.16. The third kappa shape index (κ3) is 3.86. The van der Waals surface area contributed by atoms with Crippen molar-refractivity contribution < 1.29 is 25.8 Å². The molecule has 0 aromatic heterocycles. The summed E-state index contributed by atoms with van der Waals surface area (Å²) in [6.07, 6.45) is -4.88. The largest absolute Gasteiger partial charge is 0.417 e. The van der Waals surface area contributed by atoms with Crippen molar-refractivity contribution in [3.05, 3.63) is 34.3 Å². The van der Waals surface area contributed by atoms with Gasteiger partial charge in [-0.3, -0.25) is 4.18 Å². The molecule has 0 heterocycles. The van der Waals surface area contributed by atoms with Crippen LogP contribution in [0.2, 0.25) is 5.02 Å². The number of hydrogen-bond acceptors (Lipinski definition) is 3. The van der Waals surface area contributed by atoms with E-state index in [1.165, 1.54) is 13.0 Å². The Kier molecular flexibility index (Phi) is 4.30. The molecule has 1 aromatic carbocycles. The van der Waals surface area contributed by atoms with Crippen molar-refractivity contribution in [1.82, 2.24) is 0 Å². The van der Waals surface area contributed by atoms with Crippen molar-refractivity contribution in [2.75, 3.05) is 6.26 Å². The summed E-state index contributed by atoms with van der Waals surface area (Å²) in [5, 5.41) is -0.554. The molecular weight excluding hydrogens is 293 g/mol. The van der Waals surface area contributed by atoms with Crippen LogP contribution in [0.1, 0.15) is 24.2 Å². The van der Waals surface area contributed by atoms with Crippen LogP contribution < -0.4 is 0 Å². The van der Waals surface area contributed by atoms with Gasteiger partial charge in [0.1, 0.15) is 6.10 Å². The van der Waals surface area contributed by atoms with Gasteiger partial charge in [-0.15, -0.1) is 0 Å². The van der Waals surface area contributed by atoms with E-state index in [2.05, 4.69) is 4.18 Å². The quantitative estimate of drug-likeness (QED) is 0.804. The fourth-order valence-electron chi connectivity index (χ4n) is 1.40. The van der Waals surface area contributed by atoms with Crippen LogP contribution in [0.15, 0.2) is 18.2 Å². The zero-order valence-corrected chi connectivity index (χ0v) is 11.0. The number of rotatable bonds is 3. The summed E-state index contributed by atoms with van der Waals surface area (Å²) in [4.78, 5) is 0. The van der Waals surface area contributed by atoms with Crippen LogP contribution in [0.25, 0.3) is 0 Å². The first-order chi connectivity index (χ1) is 8.02. The second-order valence-corrected chi connectivity index (χ2v) is 5.63. The van der Waals surface area contributed by atoms with E-state index in [0.29, 0.717) is 0 Å². The third-order valence-corrected chi connectivity index (χ3v) is 3.15. The summed E-state index contributed by atoms with van der Waals surface area (Å²) in [6, 6.07) is 3.25. The fraction of sp³-hybridized carbons (Fsp3) is 0.400. The minimum atomic E-state index is -4.60. The van der Waals surface area contributed by atoms with E-state index in [1.54, 1.807) is 0 Å². The highest BCUT2D eigenvalue weighted by Gasteiger charge is 2.34. The molecule has 8 heteroatoms. The Bertz CT molecular complexity index is 540. The number of halogens is 4. The number of benzene rings is 1. The van der Waals surface area contributed by atoms with Gasteiger partial charge in [-0.05, 0) is 13.0 Å². The third-order valence-electron chi connectivity index (χ3n) is 2.09. The van der Waals surface area contributed by atoms with Crippen LogP contribution in [0, 0.1) is 0 Å². The second-order valence-electron chi connectivity index (χ2n) is 3.65. The summed E-state index contributed by atoms with van der Waals surface area (Å²) in [6.45, 7) is 1.31. The van der Waals surface area contributed by atoms with Crippen LogP contribution >= 0.6 is 11.6 Å². The molecule has 1 rings (SSSR count). The van der Waals surface area contributed by atoms with E-state index >= 15 is 0 Å². The van der Waals surface area contributed by atoms with Crippen LogP contribution in [0.4, 0.5) is 13.2 Å². The molecule has 0 aliphatic carbocycles. The zero-order valence-electron chi connectivity index (χ0n) is 9.45. The Labute approximate surface area is 108 Å². The molecule has 0 spiro atoms. The van der Waals surface area contributed by atoms with Gasteiger partial charge in [0.05, 0.1) is 16.8 Å². The molecule has 1 atom stereocenters. The Hall–Kier alpha value is -0.790. The van der Waals surface area contributed by atoms with Crippen molar-refractivity contribution in [1.29, 1.82) is 0 Å². The van der Waals surface area contributed by atoms with E-state index < -0.39 is 33.0 Å². The summed E-state index contributed by atoms with van der Waals surface area (Å²) in [5.41, 5.74) is -1.05. The lowest BCUT2D eigenvalue weighted by molar-refractivity contribution is -0.137. The highest BCUT2D eigenvalue weighted by atomic mass is 35.5. The van der Waals surface area contributed by atoms with Gasteiger partial charge in [0, 0.05) is 5.56 Å². The monoisotopic (exact) mass is 302 g/mol. The SMILES string of the molecule is CC(OS(C)(=O)=O)c1cccc(C(F)(F)F)c1Cl. The van der Waals surface area contributed by atoms with Crippen LogP contribution in [-0.2, 0) is 20.5 Å². The van der Waals surface area contributed by atoms with E-state index in [4.69, 9.17) is 11.6 Å². The van der Waals surface area contributed by atoms with Gasteiger partial charge in [0.2, 0.25) is 0 Å². The lowest BCUT2D eigenvalue weighted by atomic mass is 10.1. The maximum Gasteiger partial charge on any atom is 0.417 e. The van der Waals surface area contributed by atoms with Gasteiger partial charge in [-0.1, -0.05) is 23.7 Å². The van der Waals surface area contributed by atoms with Gasteiger partial charge in [0.25, 0.3) is 10.1 Å². The van der Waals surface area contributed by atoms with Gasteiger partial charge in [-0.2, -0.15) is 21.6 Å². The van der Waals surface area contributed by atoms with Crippen molar-refractivity contribution in [3.63, 3.8) is 0 Å². The van der Waals surface area contributed by atoms with Gasteiger partial charge in [0.15, 0.2) is 0 Å². The van der Waals surface area contributed by atoms with Crippen LogP contribution in [0.5, 0.6) is 0 Å². The lowest BCUT2D eigenvalue weighted by Crippen LogP contribution is -2.11. The van der Waals surface area contributed by atoms with Crippen molar-refractivity contribution in [2.24, 2.45) is 0 Å². The molecule has 0 saturated heterocycles. The minimum absolute atomic E-state index is 0.0306. The van der Waals surface area contributed by atoms with E-state index in [-0.39, 0.29) is 5.56 Å². The zero-order chi connectivity index (χ0) is 14.1. The summed E-state index contributed by atoms with van der Waals surface area (Å²) >= 11 is 5.62. The predicted molar refractivity (Wildman–Crippen MR) is 60.8 cm³/mol. The fourth-order valence-corrected chi connectivity index (χ4v) is 2.41. The highest BCUT2D eigenvalue weighted by Crippen LogP contribution is 2.38. The Morgan fingerprint density at radius 1 is 1.33 bits per heavy atom. The first-order valence-corrected chi connectivity index (χ1v) is 6.95.